The molecular formula is C17H29ClN2O2. The normalized spacial score (nSPS) is 13.0. The number of carbonyl (C=O) groups excluding carboxylic acids is 1. The summed E-state index contributed by atoms with van der Waals surface area (Å²) in [6.45, 7) is 8.43. The molecule has 1 unspecified atom stereocenters. The Balaban J connectivity index is 0.00000441. The molecule has 0 radical (unpaired) electrons. The highest BCUT2D eigenvalue weighted by Crippen LogP contribution is 2.25. The summed E-state index contributed by atoms with van der Waals surface area (Å²) in [6, 6.07) is 4.12. The first-order valence-electron chi connectivity index (χ1n) is 7.41. The number of benzene rings is 1. The molecule has 0 saturated carbocycles. The summed E-state index contributed by atoms with van der Waals surface area (Å²) >= 11 is 0. The van der Waals surface area contributed by atoms with E-state index in [4.69, 9.17) is 10.5 Å². The van der Waals surface area contributed by atoms with Gasteiger partial charge in [-0.1, -0.05) is 25.5 Å². The Kier molecular flexibility index (Phi) is 7.91. The van der Waals surface area contributed by atoms with Gasteiger partial charge in [-0.25, -0.2) is 0 Å². The maximum atomic E-state index is 12.4. The lowest BCUT2D eigenvalue weighted by Crippen LogP contribution is -2.51. The Bertz CT molecular complexity index is 492. The molecule has 1 atom stereocenters. The summed E-state index contributed by atoms with van der Waals surface area (Å²) in [4.78, 5) is 14.1. The van der Waals surface area contributed by atoms with Gasteiger partial charge in [-0.15, -0.1) is 12.4 Å². The highest BCUT2D eigenvalue weighted by molar-refractivity contribution is 5.85. The Morgan fingerprint density at radius 1 is 1.32 bits per heavy atom. The molecule has 0 fully saturated rings. The average Bonchev–Trinajstić information content (AvgIpc) is 2.37. The van der Waals surface area contributed by atoms with Crippen molar-refractivity contribution in [3.05, 3.63) is 28.8 Å². The molecule has 1 aromatic carbocycles. The molecule has 2 N–H and O–H groups in total. The Morgan fingerprint density at radius 2 is 1.82 bits per heavy atom. The van der Waals surface area contributed by atoms with Crippen LogP contribution in [-0.4, -0.2) is 30.5 Å². The number of ether oxygens (including phenoxy) is 1. The summed E-state index contributed by atoms with van der Waals surface area (Å²) in [7, 11) is 3.48. The van der Waals surface area contributed by atoms with E-state index in [1.54, 1.807) is 26.0 Å². The lowest BCUT2D eigenvalue weighted by Gasteiger charge is -2.29. The number of rotatable bonds is 6. The standard InChI is InChI=1S/C17H28N2O2.ClH/c1-7-8-17(4,18)16(20)19(5)11-14-9-12(2)15(21-6)13(3)10-14;/h9-10H,7-8,11,18H2,1-6H3;1H. The van der Waals surface area contributed by atoms with Gasteiger partial charge in [0.25, 0.3) is 0 Å². The second-order valence-electron chi connectivity index (χ2n) is 6.09. The molecule has 4 nitrogen and oxygen atoms in total. The SMILES string of the molecule is CCCC(C)(N)C(=O)N(C)Cc1cc(C)c(OC)c(C)c1.Cl. The van der Waals surface area contributed by atoms with Crippen LogP contribution in [0.3, 0.4) is 0 Å². The smallest absolute Gasteiger partial charge is 0.242 e. The van der Waals surface area contributed by atoms with Gasteiger partial charge in [-0.05, 0) is 43.9 Å². The Hall–Kier alpha value is -1.26. The van der Waals surface area contributed by atoms with Crippen molar-refractivity contribution >= 4 is 18.3 Å². The minimum Gasteiger partial charge on any atom is -0.496 e. The van der Waals surface area contributed by atoms with E-state index < -0.39 is 5.54 Å². The molecule has 0 aliphatic carbocycles. The number of carbonyl (C=O) groups is 1. The zero-order valence-electron chi connectivity index (χ0n) is 14.5. The quantitative estimate of drug-likeness (QED) is 0.872. The maximum absolute atomic E-state index is 12.4. The van der Waals surface area contributed by atoms with Crippen molar-refractivity contribution in [3.8, 4) is 5.75 Å². The number of halogens is 1. The molecule has 1 aromatic rings. The van der Waals surface area contributed by atoms with Crippen LogP contribution in [0.25, 0.3) is 0 Å². The van der Waals surface area contributed by atoms with Crippen molar-refractivity contribution in [2.45, 2.75) is 52.6 Å². The van der Waals surface area contributed by atoms with Crippen molar-refractivity contribution in [3.63, 3.8) is 0 Å². The fourth-order valence-corrected chi connectivity index (χ4v) is 2.86. The molecule has 0 aliphatic heterocycles. The van der Waals surface area contributed by atoms with E-state index in [9.17, 15) is 4.79 Å². The number of likely N-dealkylation sites (N-methyl/N-ethyl adjacent to an activating group) is 1. The second-order valence-corrected chi connectivity index (χ2v) is 6.09. The highest BCUT2D eigenvalue weighted by Gasteiger charge is 2.30. The van der Waals surface area contributed by atoms with Gasteiger partial charge in [0, 0.05) is 13.6 Å². The number of nitrogens with two attached hydrogens (primary N) is 1. The van der Waals surface area contributed by atoms with Gasteiger partial charge < -0.3 is 15.4 Å². The fourth-order valence-electron chi connectivity index (χ4n) is 2.86. The predicted octanol–water partition coefficient (Wildman–Crippen LogP) is 3.21. The first-order valence-corrected chi connectivity index (χ1v) is 7.41. The predicted molar refractivity (Wildman–Crippen MR) is 93.7 cm³/mol. The van der Waals surface area contributed by atoms with Crippen molar-refractivity contribution in [1.82, 2.24) is 4.90 Å². The van der Waals surface area contributed by atoms with E-state index in [0.29, 0.717) is 13.0 Å². The largest absolute Gasteiger partial charge is 0.496 e. The zero-order valence-corrected chi connectivity index (χ0v) is 15.3. The molecule has 1 rings (SSSR count). The van der Waals surface area contributed by atoms with E-state index in [2.05, 4.69) is 12.1 Å². The van der Waals surface area contributed by atoms with Crippen LogP contribution in [0.2, 0.25) is 0 Å². The number of methoxy groups -OCH3 is 1. The van der Waals surface area contributed by atoms with Gasteiger partial charge in [0.15, 0.2) is 0 Å². The molecule has 0 aromatic heterocycles. The van der Waals surface area contributed by atoms with E-state index in [1.165, 1.54) is 0 Å². The molecular weight excluding hydrogens is 300 g/mol. The van der Waals surface area contributed by atoms with Gasteiger partial charge in [0.1, 0.15) is 5.75 Å². The van der Waals surface area contributed by atoms with Crippen molar-refractivity contribution in [2.75, 3.05) is 14.2 Å². The first-order chi connectivity index (χ1) is 9.72. The van der Waals surface area contributed by atoms with E-state index in [1.807, 2.05) is 20.8 Å². The van der Waals surface area contributed by atoms with Crippen LogP contribution in [-0.2, 0) is 11.3 Å². The molecule has 22 heavy (non-hydrogen) atoms. The number of amides is 1. The average molecular weight is 329 g/mol. The van der Waals surface area contributed by atoms with Gasteiger partial charge in [-0.3, -0.25) is 4.79 Å². The summed E-state index contributed by atoms with van der Waals surface area (Å²) < 4.78 is 5.37. The van der Waals surface area contributed by atoms with Crippen molar-refractivity contribution in [2.24, 2.45) is 5.73 Å². The van der Waals surface area contributed by atoms with Crippen LogP contribution in [0, 0.1) is 13.8 Å². The Labute approximate surface area is 140 Å². The summed E-state index contributed by atoms with van der Waals surface area (Å²) in [5.41, 5.74) is 8.58. The molecule has 0 saturated heterocycles. The van der Waals surface area contributed by atoms with Crippen molar-refractivity contribution < 1.29 is 9.53 Å². The third kappa shape index (κ3) is 4.89. The van der Waals surface area contributed by atoms with Crippen LogP contribution >= 0.6 is 12.4 Å². The number of hydrogen-bond acceptors (Lipinski definition) is 3. The van der Waals surface area contributed by atoms with Gasteiger partial charge in [0.2, 0.25) is 5.91 Å². The number of hydrogen-bond donors (Lipinski definition) is 1. The molecule has 5 heteroatoms. The number of nitrogens with zero attached hydrogens (tertiary/aromatic N) is 1. The molecule has 0 bridgehead atoms. The summed E-state index contributed by atoms with van der Waals surface area (Å²) in [6.07, 6.45) is 1.59. The van der Waals surface area contributed by atoms with Crippen LogP contribution in [0.4, 0.5) is 0 Å². The van der Waals surface area contributed by atoms with Gasteiger partial charge >= 0.3 is 0 Å². The lowest BCUT2D eigenvalue weighted by molar-refractivity contribution is -0.135. The van der Waals surface area contributed by atoms with Gasteiger partial charge in [-0.2, -0.15) is 0 Å². The highest BCUT2D eigenvalue weighted by atomic mass is 35.5. The number of aryl methyl sites for hydroxylation is 2. The molecule has 126 valence electrons. The first kappa shape index (κ1) is 20.7. The van der Waals surface area contributed by atoms with Gasteiger partial charge in [0.05, 0.1) is 12.6 Å². The summed E-state index contributed by atoms with van der Waals surface area (Å²) in [5, 5.41) is 0. The van der Waals surface area contributed by atoms with Crippen LogP contribution in [0.15, 0.2) is 12.1 Å². The maximum Gasteiger partial charge on any atom is 0.242 e. The minimum absolute atomic E-state index is 0. The Morgan fingerprint density at radius 3 is 2.23 bits per heavy atom. The molecule has 1 amide bonds. The third-order valence-corrected chi connectivity index (χ3v) is 3.75. The van der Waals surface area contributed by atoms with Crippen LogP contribution < -0.4 is 10.5 Å². The lowest BCUT2D eigenvalue weighted by atomic mass is 9.95. The molecule has 0 heterocycles. The van der Waals surface area contributed by atoms with Crippen LogP contribution in [0.1, 0.15) is 43.4 Å². The molecule has 0 spiro atoms. The zero-order chi connectivity index (χ0) is 16.2. The second kappa shape index (κ2) is 8.39. The minimum atomic E-state index is -0.792. The van der Waals surface area contributed by atoms with Crippen LogP contribution in [0.5, 0.6) is 5.75 Å². The topological polar surface area (TPSA) is 55.6 Å². The monoisotopic (exact) mass is 328 g/mol. The molecule has 0 aliphatic rings. The van der Waals surface area contributed by atoms with E-state index in [0.717, 1.165) is 28.9 Å². The fraction of sp³-hybridized carbons (Fsp3) is 0.588. The third-order valence-electron chi connectivity index (χ3n) is 3.75. The van der Waals surface area contributed by atoms with Crippen molar-refractivity contribution in [1.29, 1.82) is 0 Å². The van der Waals surface area contributed by atoms with E-state index in [-0.39, 0.29) is 18.3 Å². The van der Waals surface area contributed by atoms with E-state index >= 15 is 0 Å². The summed E-state index contributed by atoms with van der Waals surface area (Å²) in [5.74, 6) is 0.887.